The largest absolute Gasteiger partial charge is 0.336 e. The fourth-order valence-electron chi connectivity index (χ4n) is 5.70. The molecule has 1 aliphatic carbocycles. The molecule has 11 nitrogen and oxygen atoms in total. The van der Waals surface area contributed by atoms with Gasteiger partial charge in [0, 0.05) is 36.0 Å². The normalized spacial score (nSPS) is 23.7. The Morgan fingerprint density at radius 1 is 1.23 bits per heavy atom. The highest BCUT2D eigenvalue weighted by atomic mass is 79.9. The Hall–Kier alpha value is -3.09. The molecule has 3 aliphatic rings. The predicted molar refractivity (Wildman–Crippen MR) is 164 cm³/mol. The maximum atomic E-state index is 15.1. The van der Waals surface area contributed by atoms with Crippen LogP contribution in [-0.2, 0) is 32.0 Å². The van der Waals surface area contributed by atoms with Crippen LogP contribution in [0, 0.1) is 17.1 Å². The molecule has 44 heavy (non-hydrogen) atoms. The Balaban J connectivity index is 0.00000384. The van der Waals surface area contributed by atoms with E-state index in [1.165, 1.54) is 29.3 Å². The van der Waals surface area contributed by atoms with Crippen LogP contribution in [0.25, 0.3) is 11.1 Å². The second-order valence-electron chi connectivity index (χ2n) is 11.2. The summed E-state index contributed by atoms with van der Waals surface area (Å²) in [7, 11) is -2.39. The van der Waals surface area contributed by atoms with Crippen molar-refractivity contribution >= 4 is 61.6 Å². The Morgan fingerprint density at radius 3 is 2.50 bits per heavy atom. The van der Waals surface area contributed by atoms with Gasteiger partial charge in [0.05, 0.1) is 27.4 Å². The summed E-state index contributed by atoms with van der Waals surface area (Å²) in [4.78, 5) is 32.9. The van der Waals surface area contributed by atoms with Crippen molar-refractivity contribution in [2.45, 2.75) is 52.9 Å². The zero-order valence-corrected chi connectivity index (χ0v) is 27.2. The number of aryl methyl sites for hydroxylation is 1. The van der Waals surface area contributed by atoms with E-state index in [0.29, 0.717) is 29.4 Å². The first-order valence-electron chi connectivity index (χ1n) is 13.5. The monoisotopic (exact) mass is 725 g/mol. The number of rotatable bonds is 7. The molecule has 1 unspecified atom stereocenters. The number of pyridine rings is 1. The lowest BCUT2D eigenvalue weighted by Crippen LogP contribution is -2.66. The van der Waals surface area contributed by atoms with Gasteiger partial charge in [-0.05, 0) is 71.9 Å². The summed E-state index contributed by atoms with van der Waals surface area (Å²) >= 11 is 9.68. The van der Waals surface area contributed by atoms with Gasteiger partial charge in [0.15, 0.2) is 9.84 Å². The van der Waals surface area contributed by atoms with E-state index in [1.807, 2.05) is 0 Å². The third kappa shape index (κ3) is 5.49. The van der Waals surface area contributed by atoms with Gasteiger partial charge in [-0.3, -0.25) is 24.6 Å². The second kappa shape index (κ2) is 11.7. The van der Waals surface area contributed by atoms with Crippen LogP contribution in [0.4, 0.5) is 4.39 Å². The van der Waals surface area contributed by atoms with E-state index in [1.54, 1.807) is 30.2 Å². The van der Waals surface area contributed by atoms with Gasteiger partial charge in [-0.1, -0.05) is 17.7 Å². The second-order valence-corrected chi connectivity index (χ2v) is 14.7. The number of aromatic nitrogens is 3. The zero-order chi connectivity index (χ0) is 30.7. The number of hydrogen-bond donors (Lipinski definition) is 2. The number of nitriles is 1. The van der Waals surface area contributed by atoms with Crippen molar-refractivity contribution in [2.75, 3.05) is 13.1 Å². The van der Waals surface area contributed by atoms with Crippen LogP contribution < -0.4 is 10.6 Å². The van der Waals surface area contributed by atoms with Crippen molar-refractivity contribution in [3.8, 4) is 17.2 Å². The lowest BCUT2D eigenvalue weighted by Gasteiger charge is -2.44. The standard InChI is InChI=1S/C28H26BrClFN7O4S.ClH/c1-37-13-17(11-35-37)16-2-3-23(20(30)8-16)43(41,42)19-10-22(25(39)36-27(15-32)4-5-27)38(14-19)26(40)28(6-7-34-28)24-21(31)9-18(29)12-33-24;/h2-3,8-9,11-13,19,22,34H,4-7,10,14H2,1H3,(H,36,39);1H/t19-,22+,28?;/m1./s1. The average molecular weight is 727 g/mol. The molecule has 3 aromatic rings. The van der Waals surface area contributed by atoms with Gasteiger partial charge in [0.25, 0.3) is 0 Å². The minimum absolute atomic E-state index is 0. The first kappa shape index (κ1) is 32.3. The van der Waals surface area contributed by atoms with Crippen LogP contribution in [0.3, 0.4) is 0 Å². The van der Waals surface area contributed by atoms with Crippen LogP contribution in [0.5, 0.6) is 0 Å². The molecule has 0 spiro atoms. The maximum absolute atomic E-state index is 15.1. The highest BCUT2D eigenvalue weighted by molar-refractivity contribution is 9.10. The Kier molecular flexibility index (Phi) is 8.58. The molecule has 16 heteroatoms. The summed E-state index contributed by atoms with van der Waals surface area (Å²) in [5, 5.41) is 18.2. The topological polar surface area (TPSA) is 150 Å². The summed E-state index contributed by atoms with van der Waals surface area (Å²) in [5.74, 6) is -2.02. The molecule has 4 heterocycles. The number of carbonyl (C=O) groups excluding carboxylic acids is 2. The van der Waals surface area contributed by atoms with Crippen molar-refractivity contribution in [3.05, 3.63) is 63.9 Å². The molecule has 2 amide bonds. The maximum Gasteiger partial charge on any atom is 0.250 e. The highest BCUT2D eigenvalue weighted by Crippen LogP contribution is 2.40. The van der Waals surface area contributed by atoms with E-state index >= 15 is 4.39 Å². The number of carbonyl (C=O) groups is 2. The van der Waals surface area contributed by atoms with Crippen LogP contribution >= 0.6 is 39.9 Å². The summed E-state index contributed by atoms with van der Waals surface area (Å²) in [5.41, 5.74) is -1.33. The first-order chi connectivity index (χ1) is 20.4. The quantitative estimate of drug-likeness (QED) is 0.377. The molecule has 3 atom stereocenters. The third-order valence-electron chi connectivity index (χ3n) is 8.37. The Labute approximate surface area is 272 Å². The van der Waals surface area contributed by atoms with Crippen LogP contribution in [-0.4, -0.2) is 69.8 Å². The summed E-state index contributed by atoms with van der Waals surface area (Å²) < 4.78 is 45.1. The van der Waals surface area contributed by atoms with Gasteiger partial charge in [-0.15, -0.1) is 12.4 Å². The Bertz CT molecular complexity index is 1810. The molecule has 0 radical (unpaired) electrons. The third-order valence-corrected chi connectivity index (χ3v) is 11.4. The lowest BCUT2D eigenvalue weighted by molar-refractivity contribution is -0.147. The van der Waals surface area contributed by atoms with Crippen LogP contribution in [0.2, 0.25) is 5.02 Å². The van der Waals surface area contributed by atoms with Crippen molar-refractivity contribution in [1.29, 1.82) is 5.26 Å². The van der Waals surface area contributed by atoms with Crippen molar-refractivity contribution in [1.82, 2.24) is 30.3 Å². The predicted octanol–water partition coefficient (Wildman–Crippen LogP) is 3.26. The number of nitrogens with zero attached hydrogens (tertiary/aromatic N) is 5. The molecule has 2 saturated heterocycles. The molecule has 2 aromatic heterocycles. The molecular weight excluding hydrogens is 700 g/mol. The molecule has 232 valence electrons. The number of nitrogens with one attached hydrogen (secondary N) is 2. The van der Waals surface area contributed by atoms with Crippen LogP contribution in [0.15, 0.2) is 52.2 Å². The summed E-state index contributed by atoms with van der Waals surface area (Å²) in [6.07, 6.45) is 5.65. The molecule has 6 rings (SSSR count). The molecule has 2 N–H and O–H groups in total. The lowest BCUT2D eigenvalue weighted by atomic mass is 9.82. The van der Waals surface area contributed by atoms with Gasteiger partial charge in [-0.2, -0.15) is 10.4 Å². The molecule has 1 aromatic carbocycles. The van der Waals surface area contributed by atoms with Crippen molar-refractivity contribution in [2.24, 2.45) is 7.05 Å². The summed E-state index contributed by atoms with van der Waals surface area (Å²) in [6, 6.07) is 6.62. The van der Waals surface area contributed by atoms with E-state index < -0.39 is 49.8 Å². The van der Waals surface area contributed by atoms with E-state index in [9.17, 15) is 23.3 Å². The number of halogens is 4. The van der Waals surface area contributed by atoms with Crippen molar-refractivity contribution in [3.63, 3.8) is 0 Å². The van der Waals surface area contributed by atoms with E-state index in [4.69, 9.17) is 11.6 Å². The number of benzene rings is 1. The van der Waals surface area contributed by atoms with Gasteiger partial charge >= 0.3 is 0 Å². The average Bonchev–Trinajstić information content (AvgIpc) is 3.33. The summed E-state index contributed by atoms with van der Waals surface area (Å²) in [6.45, 7) is 0.0624. The van der Waals surface area contributed by atoms with Gasteiger partial charge in [-0.25, -0.2) is 12.8 Å². The molecular formula is C28H27BrCl2FN7O4S. The van der Waals surface area contributed by atoms with E-state index in [-0.39, 0.29) is 47.4 Å². The van der Waals surface area contributed by atoms with Gasteiger partial charge in [0.2, 0.25) is 11.8 Å². The molecule has 3 fully saturated rings. The van der Waals surface area contributed by atoms with Crippen LogP contribution in [0.1, 0.15) is 31.4 Å². The van der Waals surface area contributed by atoms with Gasteiger partial charge in [0.1, 0.15) is 28.6 Å². The number of likely N-dealkylation sites (tertiary alicyclic amines) is 1. The smallest absolute Gasteiger partial charge is 0.250 e. The minimum atomic E-state index is -4.15. The minimum Gasteiger partial charge on any atom is -0.336 e. The first-order valence-corrected chi connectivity index (χ1v) is 16.2. The fraction of sp³-hybridized carbons (Fsp3) is 0.393. The fourth-order valence-corrected chi connectivity index (χ4v) is 8.25. The zero-order valence-electron chi connectivity index (χ0n) is 23.3. The molecule has 2 aliphatic heterocycles. The van der Waals surface area contributed by atoms with E-state index in [0.717, 1.165) is 5.56 Å². The van der Waals surface area contributed by atoms with Gasteiger partial charge < -0.3 is 10.2 Å². The van der Waals surface area contributed by atoms with Crippen molar-refractivity contribution < 1.29 is 22.4 Å². The number of amides is 2. The SMILES string of the molecule is Cl.Cn1cc(-c2ccc(S(=O)(=O)[C@@H]3C[C@@H](C(=O)NC4(C#N)CC4)N(C(=O)C4(c5ncc(Br)cc5F)CCN4)C3)c(Cl)c2)cn1. The Morgan fingerprint density at radius 2 is 1.95 bits per heavy atom. The van der Waals surface area contributed by atoms with E-state index in [2.05, 4.69) is 42.7 Å². The number of sulfone groups is 1. The number of hydrogen-bond acceptors (Lipinski definition) is 8. The molecule has 0 bridgehead atoms. The highest BCUT2D eigenvalue weighted by Gasteiger charge is 2.56. The molecule has 1 saturated carbocycles.